The van der Waals surface area contributed by atoms with Crippen LogP contribution in [0.25, 0.3) is 5.65 Å². The Balaban J connectivity index is 1.53. The number of ether oxygens (including phenoxy) is 1. The first-order chi connectivity index (χ1) is 9.83. The molecule has 3 rings (SSSR count). The summed E-state index contributed by atoms with van der Waals surface area (Å²) in [5, 5.41) is 7.62. The van der Waals surface area contributed by atoms with Crippen molar-refractivity contribution in [2.24, 2.45) is 0 Å². The van der Waals surface area contributed by atoms with Crippen molar-refractivity contribution < 1.29 is 4.74 Å². The Bertz CT molecular complexity index is 560. The van der Waals surface area contributed by atoms with Crippen LogP contribution in [0.4, 0.5) is 5.82 Å². The molecule has 0 radical (unpaired) electrons. The van der Waals surface area contributed by atoms with Crippen molar-refractivity contribution in [3.05, 3.63) is 24.0 Å². The molecule has 2 aromatic heterocycles. The molecule has 0 spiro atoms. The van der Waals surface area contributed by atoms with E-state index >= 15 is 0 Å². The third-order valence-corrected chi connectivity index (χ3v) is 3.84. The lowest BCUT2D eigenvalue weighted by Crippen LogP contribution is -2.21. The lowest BCUT2D eigenvalue weighted by atomic mass is 9.98. The molecule has 0 amide bonds. The second kappa shape index (κ2) is 6.22. The average Bonchev–Trinajstić information content (AvgIpc) is 2.92. The summed E-state index contributed by atoms with van der Waals surface area (Å²) in [6.45, 7) is 3.61. The van der Waals surface area contributed by atoms with Gasteiger partial charge in [-0.05, 0) is 37.5 Å². The summed E-state index contributed by atoms with van der Waals surface area (Å²) in [6, 6.07) is 4.11. The zero-order valence-electron chi connectivity index (χ0n) is 12.0. The molecule has 2 heterocycles. The van der Waals surface area contributed by atoms with Crippen LogP contribution in [0, 0.1) is 6.92 Å². The van der Waals surface area contributed by atoms with Crippen molar-refractivity contribution >= 4 is 11.5 Å². The maximum absolute atomic E-state index is 5.92. The van der Waals surface area contributed by atoms with Gasteiger partial charge in [-0.1, -0.05) is 19.3 Å². The van der Waals surface area contributed by atoms with E-state index in [2.05, 4.69) is 28.4 Å². The molecule has 0 bridgehead atoms. The fourth-order valence-corrected chi connectivity index (χ4v) is 2.82. The van der Waals surface area contributed by atoms with Gasteiger partial charge in [-0.25, -0.2) is 4.98 Å². The molecule has 0 unspecified atom stereocenters. The fraction of sp³-hybridized carbons (Fsp3) is 0.600. The number of anilines is 1. The topological polar surface area (TPSA) is 51.5 Å². The number of nitrogens with one attached hydrogen (secondary N) is 1. The third kappa shape index (κ3) is 3.10. The van der Waals surface area contributed by atoms with E-state index in [4.69, 9.17) is 4.74 Å². The second-order valence-corrected chi connectivity index (χ2v) is 5.51. The molecule has 20 heavy (non-hydrogen) atoms. The maximum Gasteiger partial charge on any atom is 0.157 e. The Morgan fingerprint density at radius 1 is 1.30 bits per heavy atom. The summed E-state index contributed by atoms with van der Waals surface area (Å²) < 4.78 is 7.75. The minimum atomic E-state index is 0.467. The quantitative estimate of drug-likeness (QED) is 0.852. The number of pyridine rings is 1. The first-order valence-corrected chi connectivity index (χ1v) is 7.49. The molecular formula is C15H22N4O. The Kier molecular flexibility index (Phi) is 4.16. The van der Waals surface area contributed by atoms with Crippen LogP contribution in [-0.2, 0) is 4.74 Å². The highest BCUT2D eigenvalue weighted by Crippen LogP contribution is 2.20. The summed E-state index contributed by atoms with van der Waals surface area (Å²) in [4.78, 5) is 4.22. The molecule has 0 aromatic carbocycles. The van der Waals surface area contributed by atoms with Crippen molar-refractivity contribution in [1.29, 1.82) is 0 Å². The molecule has 5 nitrogen and oxygen atoms in total. The van der Waals surface area contributed by atoms with Gasteiger partial charge in [-0.15, -0.1) is 0 Å². The van der Waals surface area contributed by atoms with E-state index in [0.29, 0.717) is 6.10 Å². The predicted octanol–water partition coefficient (Wildman–Crippen LogP) is 2.80. The van der Waals surface area contributed by atoms with E-state index in [1.807, 2.05) is 10.6 Å². The van der Waals surface area contributed by atoms with Crippen LogP contribution in [-0.4, -0.2) is 33.9 Å². The van der Waals surface area contributed by atoms with Gasteiger partial charge in [0.2, 0.25) is 0 Å². The summed E-state index contributed by atoms with van der Waals surface area (Å²) in [7, 11) is 0. The van der Waals surface area contributed by atoms with E-state index in [0.717, 1.165) is 24.6 Å². The zero-order valence-corrected chi connectivity index (χ0v) is 12.0. The second-order valence-electron chi connectivity index (χ2n) is 5.51. The van der Waals surface area contributed by atoms with E-state index < -0.39 is 0 Å². The molecule has 1 aliphatic carbocycles. The van der Waals surface area contributed by atoms with E-state index in [1.54, 1.807) is 6.33 Å². The lowest BCUT2D eigenvalue weighted by Gasteiger charge is -2.22. The highest BCUT2D eigenvalue weighted by Gasteiger charge is 2.13. The highest BCUT2D eigenvalue weighted by molar-refractivity contribution is 5.51. The summed E-state index contributed by atoms with van der Waals surface area (Å²) >= 11 is 0. The predicted molar refractivity (Wildman–Crippen MR) is 79.0 cm³/mol. The van der Waals surface area contributed by atoms with E-state index in [9.17, 15) is 0 Å². The monoisotopic (exact) mass is 274 g/mol. The first-order valence-electron chi connectivity index (χ1n) is 7.49. The Morgan fingerprint density at radius 2 is 2.15 bits per heavy atom. The van der Waals surface area contributed by atoms with Crippen LogP contribution in [0.5, 0.6) is 0 Å². The first kappa shape index (κ1) is 13.4. The SMILES string of the molecule is Cc1cc(NCCOC2CCCCC2)n2ncnc2c1. The molecular weight excluding hydrogens is 252 g/mol. The van der Waals surface area contributed by atoms with Crippen LogP contribution in [0.1, 0.15) is 37.7 Å². The van der Waals surface area contributed by atoms with Crippen molar-refractivity contribution in [3.8, 4) is 0 Å². The zero-order chi connectivity index (χ0) is 13.8. The van der Waals surface area contributed by atoms with Gasteiger partial charge in [0, 0.05) is 6.54 Å². The molecule has 1 N–H and O–H groups in total. The molecule has 1 fully saturated rings. The normalized spacial score (nSPS) is 16.6. The van der Waals surface area contributed by atoms with Crippen LogP contribution >= 0.6 is 0 Å². The molecule has 1 aliphatic rings. The lowest BCUT2D eigenvalue weighted by molar-refractivity contribution is 0.0347. The Morgan fingerprint density at radius 3 is 3.00 bits per heavy atom. The van der Waals surface area contributed by atoms with E-state index in [1.165, 1.54) is 37.7 Å². The van der Waals surface area contributed by atoms with Crippen molar-refractivity contribution in [2.75, 3.05) is 18.5 Å². The number of rotatable bonds is 5. The minimum Gasteiger partial charge on any atom is -0.376 e. The standard InChI is InChI=1S/C15H22N4O/c1-12-9-14(19-15(10-12)17-11-18-19)16-7-8-20-13-5-3-2-4-6-13/h9-11,13,16H,2-8H2,1H3. The molecule has 108 valence electrons. The number of hydrogen-bond donors (Lipinski definition) is 1. The number of fused-ring (bicyclic) bond motifs is 1. The van der Waals surface area contributed by atoms with Crippen LogP contribution < -0.4 is 5.32 Å². The number of aromatic nitrogens is 3. The van der Waals surface area contributed by atoms with Crippen LogP contribution in [0.2, 0.25) is 0 Å². The molecule has 0 saturated heterocycles. The fourth-order valence-electron chi connectivity index (χ4n) is 2.82. The van der Waals surface area contributed by atoms with Crippen LogP contribution in [0.15, 0.2) is 18.5 Å². The smallest absolute Gasteiger partial charge is 0.157 e. The van der Waals surface area contributed by atoms with Crippen molar-refractivity contribution in [1.82, 2.24) is 14.6 Å². The largest absolute Gasteiger partial charge is 0.376 e. The van der Waals surface area contributed by atoms with Crippen molar-refractivity contribution in [2.45, 2.75) is 45.1 Å². The molecule has 2 aromatic rings. The maximum atomic E-state index is 5.92. The van der Waals surface area contributed by atoms with Gasteiger partial charge < -0.3 is 10.1 Å². The van der Waals surface area contributed by atoms with Gasteiger partial charge in [0.25, 0.3) is 0 Å². The number of nitrogens with zero attached hydrogens (tertiary/aromatic N) is 3. The highest BCUT2D eigenvalue weighted by atomic mass is 16.5. The molecule has 1 saturated carbocycles. The van der Waals surface area contributed by atoms with Crippen LogP contribution in [0.3, 0.4) is 0 Å². The summed E-state index contributed by atoms with van der Waals surface area (Å²) in [5.41, 5.74) is 2.06. The summed E-state index contributed by atoms with van der Waals surface area (Å²) in [5.74, 6) is 0.977. The minimum absolute atomic E-state index is 0.467. The number of aryl methyl sites for hydroxylation is 1. The van der Waals surface area contributed by atoms with Gasteiger partial charge in [0.1, 0.15) is 12.1 Å². The number of hydrogen-bond acceptors (Lipinski definition) is 4. The van der Waals surface area contributed by atoms with Gasteiger partial charge >= 0.3 is 0 Å². The molecule has 5 heteroatoms. The van der Waals surface area contributed by atoms with Gasteiger partial charge in [0.15, 0.2) is 5.65 Å². The van der Waals surface area contributed by atoms with E-state index in [-0.39, 0.29) is 0 Å². The Labute approximate surface area is 119 Å². The van der Waals surface area contributed by atoms with Gasteiger partial charge in [-0.2, -0.15) is 9.61 Å². The average molecular weight is 274 g/mol. The van der Waals surface area contributed by atoms with Crippen molar-refractivity contribution in [3.63, 3.8) is 0 Å². The molecule has 0 aliphatic heterocycles. The Hall–Kier alpha value is -1.62. The van der Waals surface area contributed by atoms with Gasteiger partial charge in [-0.3, -0.25) is 0 Å². The van der Waals surface area contributed by atoms with Gasteiger partial charge in [0.05, 0.1) is 12.7 Å². The molecule has 0 atom stereocenters. The third-order valence-electron chi connectivity index (χ3n) is 3.84. The summed E-state index contributed by atoms with van der Waals surface area (Å²) in [6.07, 6.45) is 8.49.